The highest BCUT2D eigenvalue weighted by Crippen LogP contribution is 2.49. The second-order valence-corrected chi connectivity index (χ2v) is 8.95. The largest absolute Gasteiger partial charge is 0.484 e. The molecule has 3 saturated carbocycles. The number of ether oxygens (including phenoxy) is 1. The minimum absolute atomic E-state index is 0.00222. The molecule has 0 aromatic heterocycles. The van der Waals surface area contributed by atoms with Gasteiger partial charge in [-0.2, -0.15) is 0 Å². The third kappa shape index (κ3) is 5.38. The van der Waals surface area contributed by atoms with E-state index < -0.39 is 5.82 Å². The Bertz CT molecular complexity index is 980. The lowest BCUT2D eigenvalue weighted by atomic mass is 9.57. The number of nitrogens with one attached hydrogen (secondary N) is 2. The molecule has 0 radical (unpaired) electrons. The first-order chi connectivity index (χ1) is 15.4. The van der Waals surface area contributed by atoms with Gasteiger partial charge in [-0.1, -0.05) is 23.7 Å². The molecule has 0 heterocycles. The van der Waals surface area contributed by atoms with Gasteiger partial charge in [-0.3, -0.25) is 9.59 Å². The van der Waals surface area contributed by atoms with Crippen molar-refractivity contribution in [2.75, 3.05) is 13.2 Å². The Kier molecular flexibility index (Phi) is 6.94. The van der Waals surface area contributed by atoms with Crippen LogP contribution in [0.2, 0.25) is 5.02 Å². The molecule has 8 heteroatoms. The van der Waals surface area contributed by atoms with Crippen molar-refractivity contribution >= 4 is 23.4 Å². The third-order valence-electron chi connectivity index (χ3n) is 6.43. The highest BCUT2D eigenvalue weighted by Gasteiger charge is 2.48. The molecular formula is C24H25ClF2N2O3. The number of hydrogen-bond donors (Lipinski definition) is 2. The summed E-state index contributed by atoms with van der Waals surface area (Å²) >= 11 is 5.64. The van der Waals surface area contributed by atoms with Crippen LogP contribution in [0.25, 0.3) is 0 Å². The van der Waals surface area contributed by atoms with Crippen molar-refractivity contribution in [2.24, 2.45) is 17.8 Å². The van der Waals surface area contributed by atoms with Crippen LogP contribution in [0.3, 0.4) is 0 Å². The van der Waals surface area contributed by atoms with Crippen molar-refractivity contribution in [1.29, 1.82) is 0 Å². The molecule has 0 spiro atoms. The standard InChI is InChI=1S/C24H25ClF2N2O3/c25-20-6-5-18(11-21(20)27)32-13-23(30)29-22-12-19(15-9-16(22)10-15)24(31)28-8-7-14-1-3-17(26)4-2-14/h1-6,11,15-16,19,22H,7-10,12-13H2,(H,28,31)(H,29,30)/t15?,16?,19?,22-/m0/s1. The van der Waals surface area contributed by atoms with Crippen molar-refractivity contribution in [3.05, 3.63) is 64.7 Å². The van der Waals surface area contributed by atoms with Gasteiger partial charge in [0.05, 0.1) is 5.02 Å². The number of carbonyl (C=O) groups excluding carboxylic acids is 2. The summed E-state index contributed by atoms with van der Waals surface area (Å²) in [5.74, 6) is -0.359. The van der Waals surface area contributed by atoms with Gasteiger partial charge in [-0.15, -0.1) is 0 Å². The highest BCUT2D eigenvalue weighted by molar-refractivity contribution is 6.30. The summed E-state index contributed by atoms with van der Waals surface area (Å²) in [6.45, 7) is 0.252. The molecule has 2 atom stereocenters. The van der Waals surface area contributed by atoms with Crippen LogP contribution in [0.5, 0.6) is 5.75 Å². The molecule has 3 aliphatic rings. The van der Waals surface area contributed by atoms with Crippen LogP contribution in [-0.4, -0.2) is 31.0 Å². The SMILES string of the molecule is O=C(COc1ccc(Cl)c(F)c1)N[C@H]1CC(C(=O)NCCc2ccc(F)cc2)C2CC1C2. The summed E-state index contributed by atoms with van der Waals surface area (Å²) in [5.41, 5.74) is 0.963. The number of halogens is 3. The van der Waals surface area contributed by atoms with Gasteiger partial charge in [0.25, 0.3) is 5.91 Å². The Morgan fingerprint density at radius 1 is 1.03 bits per heavy atom. The van der Waals surface area contributed by atoms with E-state index in [2.05, 4.69) is 10.6 Å². The van der Waals surface area contributed by atoms with Gasteiger partial charge < -0.3 is 15.4 Å². The molecule has 2 N–H and O–H groups in total. The molecule has 0 saturated heterocycles. The van der Waals surface area contributed by atoms with Crippen LogP contribution < -0.4 is 15.4 Å². The summed E-state index contributed by atoms with van der Waals surface area (Å²) in [5, 5.41) is 5.95. The molecule has 3 fully saturated rings. The molecule has 2 amide bonds. The van der Waals surface area contributed by atoms with Gasteiger partial charge in [-0.05, 0) is 67.3 Å². The van der Waals surface area contributed by atoms with Gasteiger partial charge in [0.2, 0.25) is 5.91 Å². The van der Waals surface area contributed by atoms with E-state index in [0.717, 1.165) is 24.5 Å². The second kappa shape index (κ2) is 9.86. The summed E-state index contributed by atoms with van der Waals surface area (Å²) in [7, 11) is 0. The lowest BCUT2D eigenvalue weighted by Crippen LogP contribution is -2.57. The van der Waals surface area contributed by atoms with Crippen molar-refractivity contribution < 1.29 is 23.1 Å². The number of carbonyl (C=O) groups is 2. The predicted molar refractivity (Wildman–Crippen MR) is 116 cm³/mol. The monoisotopic (exact) mass is 462 g/mol. The number of benzene rings is 2. The molecule has 5 rings (SSSR count). The predicted octanol–water partition coefficient (Wildman–Crippen LogP) is 3.89. The Hall–Kier alpha value is -2.67. The van der Waals surface area contributed by atoms with E-state index in [1.54, 1.807) is 12.1 Å². The summed E-state index contributed by atoms with van der Waals surface area (Å²) < 4.78 is 31.8. The van der Waals surface area contributed by atoms with Gasteiger partial charge in [0.15, 0.2) is 6.61 Å². The molecule has 2 aromatic rings. The zero-order valence-corrected chi connectivity index (χ0v) is 18.2. The summed E-state index contributed by atoms with van der Waals surface area (Å²) in [6.07, 6.45) is 3.07. The maximum Gasteiger partial charge on any atom is 0.258 e. The van der Waals surface area contributed by atoms with Crippen LogP contribution in [0.15, 0.2) is 42.5 Å². The fourth-order valence-corrected chi connectivity index (χ4v) is 4.72. The van der Waals surface area contributed by atoms with Crippen LogP contribution in [0.1, 0.15) is 24.8 Å². The molecule has 0 aliphatic heterocycles. The average Bonchev–Trinajstić information content (AvgIpc) is 2.75. The molecule has 3 aliphatic carbocycles. The number of hydrogen-bond acceptors (Lipinski definition) is 3. The third-order valence-corrected chi connectivity index (χ3v) is 6.73. The maximum absolute atomic E-state index is 13.5. The van der Waals surface area contributed by atoms with E-state index in [4.69, 9.17) is 16.3 Å². The zero-order valence-electron chi connectivity index (χ0n) is 17.5. The highest BCUT2D eigenvalue weighted by atomic mass is 35.5. The van der Waals surface area contributed by atoms with Crippen molar-refractivity contribution in [2.45, 2.75) is 31.7 Å². The number of amides is 2. The molecule has 5 nitrogen and oxygen atoms in total. The van der Waals surface area contributed by atoms with Gasteiger partial charge in [0, 0.05) is 24.6 Å². The zero-order chi connectivity index (χ0) is 22.7. The topological polar surface area (TPSA) is 67.4 Å². The average molecular weight is 463 g/mol. The van der Waals surface area contributed by atoms with E-state index in [1.165, 1.54) is 24.3 Å². The van der Waals surface area contributed by atoms with E-state index in [0.29, 0.717) is 31.2 Å². The molecule has 170 valence electrons. The van der Waals surface area contributed by atoms with E-state index in [-0.39, 0.29) is 47.0 Å². The molecule has 2 aromatic carbocycles. The second-order valence-electron chi connectivity index (χ2n) is 8.54. The maximum atomic E-state index is 13.5. The summed E-state index contributed by atoms with van der Waals surface area (Å²) in [6, 6.07) is 10.2. The van der Waals surface area contributed by atoms with Crippen LogP contribution in [0.4, 0.5) is 8.78 Å². The van der Waals surface area contributed by atoms with E-state index >= 15 is 0 Å². The lowest BCUT2D eigenvalue weighted by Gasteiger charge is -2.50. The lowest BCUT2D eigenvalue weighted by molar-refractivity contribution is -0.136. The van der Waals surface area contributed by atoms with E-state index in [1.807, 2.05) is 0 Å². The molecule has 2 bridgehead atoms. The fraction of sp³-hybridized carbons (Fsp3) is 0.417. The van der Waals surface area contributed by atoms with Crippen LogP contribution in [0, 0.1) is 29.4 Å². The Morgan fingerprint density at radius 3 is 2.50 bits per heavy atom. The first-order valence-corrected chi connectivity index (χ1v) is 11.2. The first-order valence-electron chi connectivity index (χ1n) is 10.8. The van der Waals surface area contributed by atoms with Crippen molar-refractivity contribution in [3.8, 4) is 5.75 Å². The quantitative estimate of drug-likeness (QED) is 0.625. The molecular weight excluding hydrogens is 438 g/mol. The van der Waals surface area contributed by atoms with Crippen molar-refractivity contribution in [1.82, 2.24) is 10.6 Å². The van der Waals surface area contributed by atoms with Crippen LogP contribution in [-0.2, 0) is 16.0 Å². The minimum Gasteiger partial charge on any atom is -0.484 e. The molecule has 32 heavy (non-hydrogen) atoms. The van der Waals surface area contributed by atoms with Gasteiger partial charge in [-0.25, -0.2) is 8.78 Å². The van der Waals surface area contributed by atoms with Gasteiger partial charge in [0.1, 0.15) is 17.4 Å². The fourth-order valence-electron chi connectivity index (χ4n) is 4.60. The first kappa shape index (κ1) is 22.5. The minimum atomic E-state index is -0.606. The Labute approximate surface area is 190 Å². The summed E-state index contributed by atoms with van der Waals surface area (Å²) in [4.78, 5) is 25.1. The smallest absolute Gasteiger partial charge is 0.258 e. The van der Waals surface area contributed by atoms with E-state index in [9.17, 15) is 18.4 Å². The van der Waals surface area contributed by atoms with Crippen molar-refractivity contribution in [3.63, 3.8) is 0 Å². The number of fused-ring (bicyclic) bond motifs is 2. The van der Waals surface area contributed by atoms with Gasteiger partial charge >= 0.3 is 0 Å². The van der Waals surface area contributed by atoms with Crippen LogP contribution >= 0.6 is 11.6 Å². The Morgan fingerprint density at radius 2 is 1.78 bits per heavy atom. The Balaban J connectivity index is 1.23. The number of rotatable bonds is 8. The normalized spacial score (nSPS) is 23.7. The molecule has 1 unspecified atom stereocenters.